The molecule has 0 bridgehead atoms. The molecule has 0 atom stereocenters. The average Bonchev–Trinajstić information content (AvgIpc) is 2.36. The first-order chi connectivity index (χ1) is 8.93. The van der Waals surface area contributed by atoms with Crippen LogP contribution in [-0.2, 0) is 9.59 Å². The van der Waals surface area contributed by atoms with Crippen LogP contribution in [0.1, 0.15) is 33.1 Å². The summed E-state index contributed by atoms with van der Waals surface area (Å²) in [6.07, 6.45) is 5.86. The molecule has 0 aliphatic rings. The Kier molecular flexibility index (Phi) is 7.62. The number of nitriles is 1. The molecule has 0 aliphatic heterocycles. The van der Waals surface area contributed by atoms with Crippen molar-refractivity contribution in [3.8, 4) is 6.07 Å². The second-order valence-electron chi connectivity index (χ2n) is 3.94. The third-order valence-corrected chi connectivity index (χ3v) is 2.43. The molecule has 0 aromatic heterocycles. The maximum absolute atomic E-state index is 11.2. The van der Waals surface area contributed by atoms with Crippen molar-refractivity contribution in [2.24, 2.45) is 0 Å². The van der Waals surface area contributed by atoms with Crippen LogP contribution in [0.4, 0.5) is 0 Å². The van der Waals surface area contributed by atoms with Crippen LogP contribution in [0, 0.1) is 11.3 Å². The quantitative estimate of drug-likeness (QED) is 0.418. The van der Waals surface area contributed by atoms with Crippen LogP contribution in [0.25, 0.3) is 0 Å². The molecule has 0 fully saturated rings. The van der Waals surface area contributed by atoms with Crippen molar-refractivity contribution in [1.29, 1.82) is 5.26 Å². The lowest BCUT2D eigenvalue weighted by molar-refractivity contribution is -0.132. The van der Waals surface area contributed by atoms with E-state index < -0.39 is 11.9 Å². The highest BCUT2D eigenvalue weighted by molar-refractivity contribution is 5.95. The zero-order chi connectivity index (χ0) is 14.8. The van der Waals surface area contributed by atoms with Gasteiger partial charge in [-0.05, 0) is 37.5 Å². The van der Waals surface area contributed by atoms with Gasteiger partial charge in [0.15, 0.2) is 0 Å². The Morgan fingerprint density at radius 3 is 2.32 bits per heavy atom. The zero-order valence-corrected chi connectivity index (χ0v) is 11.0. The van der Waals surface area contributed by atoms with Crippen LogP contribution in [0.3, 0.4) is 0 Å². The van der Waals surface area contributed by atoms with Gasteiger partial charge >= 0.3 is 11.9 Å². The van der Waals surface area contributed by atoms with Gasteiger partial charge in [0.2, 0.25) is 0 Å². The fraction of sp³-hybridized carbons (Fsp3) is 0.357. The molecule has 0 aromatic carbocycles. The van der Waals surface area contributed by atoms with Crippen LogP contribution < -0.4 is 0 Å². The summed E-state index contributed by atoms with van der Waals surface area (Å²) in [5, 5.41) is 26.5. The second-order valence-corrected chi connectivity index (χ2v) is 3.94. The maximum Gasteiger partial charge on any atom is 0.335 e. The van der Waals surface area contributed by atoms with Crippen LogP contribution in [-0.4, -0.2) is 22.2 Å². The lowest BCUT2D eigenvalue weighted by Crippen LogP contribution is -2.05. The summed E-state index contributed by atoms with van der Waals surface area (Å²) in [7, 11) is 0. The Hall–Kier alpha value is -2.35. The number of carboxylic acids is 2. The average molecular weight is 263 g/mol. The molecule has 2 N–H and O–H groups in total. The van der Waals surface area contributed by atoms with Crippen LogP contribution >= 0.6 is 0 Å². The maximum atomic E-state index is 11.2. The SMILES string of the molecule is CCCCC(C=CC#N)=C(C=C(C)C(=O)O)C(=O)O. The number of allylic oxidation sites excluding steroid dienone is 3. The van der Waals surface area contributed by atoms with Crippen molar-refractivity contribution in [2.75, 3.05) is 0 Å². The van der Waals surface area contributed by atoms with E-state index in [2.05, 4.69) is 0 Å². The van der Waals surface area contributed by atoms with Crippen molar-refractivity contribution in [3.05, 3.63) is 34.9 Å². The first-order valence-electron chi connectivity index (χ1n) is 5.88. The van der Waals surface area contributed by atoms with Gasteiger partial charge in [-0.15, -0.1) is 0 Å². The van der Waals surface area contributed by atoms with E-state index in [1.54, 1.807) is 6.07 Å². The molecular weight excluding hydrogens is 246 g/mol. The van der Waals surface area contributed by atoms with Gasteiger partial charge in [-0.2, -0.15) is 5.26 Å². The molecule has 5 heteroatoms. The summed E-state index contributed by atoms with van der Waals surface area (Å²) in [5.41, 5.74) is 0.313. The number of unbranched alkanes of at least 4 members (excludes halogenated alkanes) is 1. The largest absolute Gasteiger partial charge is 0.478 e. The van der Waals surface area contributed by atoms with E-state index in [4.69, 9.17) is 15.5 Å². The zero-order valence-electron chi connectivity index (χ0n) is 11.0. The molecule has 0 amide bonds. The molecule has 0 aromatic rings. The molecule has 0 heterocycles. The topological polar surface area (TPSA) is 98.4 Å². The van der Waals surface area contributed by atoms with E-state index in [1.165, 1.54) is 19.1 Å². The van der Waals surface area contributed by atoms with E-state index in [0.29, 0.717) is 12.0 Å². The number of rotatable bonds is 7. The minimum Gasteiger partial charge on any atom is -0.478 e. The van der Waals surface area contributed by atoms with Gasteiger partial charge in [0.25, 0.3) is 0 Å². The standard InChI is InChI=1S/C14H17NO4/c1-3-4-6-11(7-5-8-15)12(14(18)19)9-10(2)13(16)17/h5,7,9H,3-4,6H2,1-2H3,(H,16,17)(H,18,19). The molecule has 0 unspecified atom stereocenters. The Morgan fingerprint density at radius 1 is 1.26 bits per heavy atom. The smallest absolute Gasteiger partial charge is 0.335 e. The number of nitrogens with zero attached hydrogens (tertiary/aromatic N) is 1. The molecule has 0 radical (unpaired) electrons. The Labute approximate surface area is 112 Å². The highest BCUT2D eigenvalue weighted by Crippen LogP contribution is 2.17. The van der Waals surface area contributed by atoms with Gasteiger partial charge in [0.1, 0.15) is 0 Å². The third kappa shape index (κ3) is 6.22. The minimum absolute atomic E-state index is 0.0586. The molecule has 0 saturated heterocycles. The van der Waals surface area contributed by atoms with E-state index >= 15 is 0 Å². The fourth-order valence-electron chi connectivity index (χ4n) is 1.38. The fourth-order valence-corrected chi connectivity index (χ4v) is 1.38. The number of aliphatic carboxylic acids is 2. The first-order valence-corrected chi connectivity index (χ1v) is 5.88. The predicted molar refractivity (Wildman–Crippen MR) is 70.3 cm³/mol. The van der Waals surface area contributed by atoms with Crippen molar-refractivity contribution in [1.82, 2.24) is 0 Å². The molecule has 102 valence electrons. The van der Waals surface area contributed by atoms with E-state index in [1.807, 2.05) is 6.92 Å². The van der Waals surface area contributed by atoms with Crippen molar-refractivity contribution in [2.45, 2.75) is 33.1 Å². The summed E-state index contributed by atoms with van der Waals surface area (Å²) in [5.74, 6) is -2.37. The third-order valence-electron chi connectivity index (χ3n) is 2.43. The number of carbonyl (C=O) groups is 2. The van der Waals surface area contributed by atoms with Gasteiger partial charge in [0.05, 0.1) is 11.6 Å². The number of carboxylic acid groups (broad SMARTS) is 2. The molecule has 0 spiro atoms. The summed E-state index contributed by atoms with van der Waals surface area (Å²) >= 11 is 0. The lowest BCUT2D eigenvalue weighted by atomic mass is 10.00. The summed E-state index contributed by atoms with van der Waals surface area (Å²) in [4.78, 5) is 22.0. The Morgan fingerprint density at radius 2 is 1.89 bits per heavy atom. The highest BCUT2D eigenvalue weighted by atomic mass is 16.4. The Balaban J connectivity index is 5.67. The molecule has 0 aliphatic carbocycles. The van der Waals surface area contributed by atoms with Gasteiger partial charge in [-0.3, -0.25) is 0 Å². The predicted octanol–water partition coefficient (Wildman–Crippen LogP) is 2.67. The first kappa shape index (κ1) is 16.6. The van der Waals surface area contributed by atoms with Gasteiger partial charge in [0, 0.05) is 11.6 Å². The molecular formula is C14H17NO4. The summed E-state index contributed by atoms with van der Waals surface area (Å²) < 4.78 is 0. The van der Waals surface area contributed by atoms with Gasteiger partial charge in [-0.25, -0.2) is 9.59 Å². The van der Waals surface area contributed by atoms with Crippen LogP contribution in [0.5, 0.6) is 0 Å². The molecule has 5 nitrogen and oxygen atoms in total. The van der Waals surface area contributed by atoms with Crippen LogP contribution in [0.15, 0.2) is 34.9 Å². The monoisotopic (exact) mass is 263 g/mol. The lowest BCUT2D eigenvalue weighted by Gasteiger charge is -2.06. The number of hydrogen-bond acceptors (Lipinski definition) is 3. The van der Waals surface area contributed by atoms with E-state index in [-0.39, 0.29) is 11.1 Å². The normalized spacial score (nSPS) is 13.0. The second kappa shape index (κ2) is 8.70. The molecule has 0 saturated carbocycles. The van der Waals surface area contributed by atoms with E-state index in [0.717, 1.165) is 18.9 Å². The van der Waals surface area contributed by atoms with Gasteiger partial charge < -0.3 is 10.2 Å². The van der Waals surface area contributed by atoms with Crippen molar-refractivity contribution >= 4 is 11.9 Å². The summed E-state index contributed by atoms with van der Waals surface area (Å²) in [6.45, 7) is 3.29. The highest BCUT2D eigenvalue weighted by Gasteiger charge is 2.12. The van der Waals surface area contributed by atoms with Crippen LogP contribution in [0.2, 0.25) is 0 Å². The number of hydrogen-bond donors (Lipinski definition) is 2. The van der Waals surface area contributed by atoms with Crippen molar-refractivity contribution < 1.29 is 19.8 Å². The van der Waals surface area contributed by atoms with Crippen molar-refractivity contribution in [3.63, 3.8) is 0 Å². The van der Waals surface area contributed by atoms with Gasteiger partial charge in [-0.1, -0.05) is 13.3 Å². The Bertz CT molecular complexity index is 478. The van der Waals surface area contributed by atoms with E-state index in [9.17, 15) is 9.59 Å². The molecule has 19 heavy (non-hydrogen) atoms. The minimum atomic E-state index is -1.20. The molecule has 0 rings (SSSR count). The summed E-state index contributed by atoms with van der Waals surface area (Å²) in [6, 6.07) is 1.80.